The molecule has 9 amide bonds. The number of carbonyl (C=O) groups excluding carboxylic acids is 10. The van der Waals surface area contributed by atoms with Crippen LogP contribution < -0.4 is 43.0 Å². The predicted octanol–water partition coefficient (Wildman–Crippen LogP) is 2.02. The molecule has 3 heterocycles. The van der Waals surface area contributed by atoms with Gasteiger partial charge in [-0.2, -0.15) is 0 Å². The number of ether oxygens (including phenoxy) is 1. The summed E-state index contributed by atoms with van der Waals surface area (Å²) in [5.74, 6) is -3.57. The summed E-state index contributed by atoms with van der Waals surface area (Å²) in [6.07, 6.45) is 2.05. The third-order valence-electron chi connectivity index (χ3n) is 13.7. The Morgan fingerprint density at radius 1 is 0.813 bits per heavy atom. The molecule has 1 unspecified atom stereocenters. The number of nitrogens with one attached hydrogen (secondary N) is 7. The molecule has 22 nitrogen and oxygen atoms in total. The van der Waals surface area contributed by atoms with E-state index in [-0.39, 0.29) is 92.7 Å². The number of amides is 9. The number of Topliss-reactive ketones (excluding diaryl/α,β-unsaturated/α-hetero) is 2. The summed E-state index contributed by atoms with van der Waals surface area (Å²) in [5.41, 5.74) is 8.56. The fourth-order valence-electron chi connectivity index (χ4n) is 9.50. The van der Waals surface area contributed by atoms with Crippen molar-refractivity contribution >= 4 is 70.5 Å². The van der Waals surface area contributed by atoms with Crippen molar-refractivity contribution in [3.8, 4) is 0 Å². The molecule has 3 aliphatic heterocycles. The van der Waals surface area contributed by atoms with Crippen LogP contribution in [0, 0.1) is 5.92 Å². The molecule has 3 aromatic rings. The second-order valence-electron chi connectivity index (χ2n) is 19.4. The van der Waals surface area contributed by atoms with E-state index in [1.54, 1.807) is 62.5 Å². The van der Waals surface area contributed by atoms with Crippen LogP contribution in [0.15, 0.2) is 84.6 Å². The van der Waals surface area contributed by atoms with E-state index in [4.69, 9.17) is 10.5 Å². The van der Waals surface area contributed by atoms with E-state index in [1.807, 2.05) is 35.2 Å². The first-order chi connectivity index (χ1) is 36.0. The molecule has 0 aromatic heterocycles. The Labute approximate surface area is 434 Å². The number of fused-ring (bicyclic) bond motifs is 1. The highest BCUT2D eigenvalue weighted by atomic mass is 16.5. The average molecular weight is 1030 g/mol. The first-order valence-corrected chi connectivity index (χ1v) is 25.3. The van der Waals surface area contributed by atoms with Gasteiger partial charge in [-0.25, -0.2) is 9.59 Å². The zero-order valence-electron chi connectivity index (χ0n) is 42.1. The highest BCUT2D eigenvalue weighted by Gasteiger charge is 2.40. The molecule has 1 saturated carbocycles. The molecule has 3 atom stereocenters. The number of piperazine rings is 1. The van der Waals surface area contributed by atoms with Crippen molar-refractivity contribution in [3.63, 3.8) is 0 Å². The van der Waals surface area contributed by atoms with Crippen molar-refractivity contribution < 1.29 is 52.7 Å². The molecule has 0 bridgehead atoms. The minimum Gasteiger partial charge on any atom is -0.444 e. The Morgan fingerprint density at radius 2 is 1.52 bits per heavy atom. The highest BCUT2D eigenvalue weighted by Crippen LogP contribution is 2.33. The molecular weight excluding hydrogens is 967 g/mol. The number of allylic oxidation sites excluding steroid dienone is 1. The van der Waals surface area contributed by atoms with Crippen molar-refractivity contribution in [1.82, 2.24) is 41.3 Å². The smallest absolute Gasteiger partial charge is 0.411 e. The van der Waals surface area contributed by atoms with Gasteiger partial charge in [-0.15, -0.1) is 0 Å². The van der Waals surface area contributed by atoms with Gasteiger partial charge >= 0.3 is 12.1 Å². The van der Waals surface area contributed by atoms with Crippen LogP contribution in [0.2, 0.25) is 0 Å². The number of nitrogens with two attached hydrogens (primary N) is 1. The molecule has 4 aliphatic rings. The van der Waals surface area contributed by atoms with Crippen LogP contribution in [0.1, 0.15) is 85.3 Å². The van der Waals surface area contributed by atoms with Crippen molar-refractivity contribution in [1.29, 1.82) is 0 Å². The van der Waals surface area contributed by atoms with Crippen LogP contribution in [0.25, 0.3) is 0 Å². The monoisotopic (exact) mass is 1030 g/mol. The molecule has 7 rings (SSSR count). The summed E-state index contributed by atoms with van der Waals surface area (Å²) in [6, 6.07) is 17.3. The molecule has 22 heteroatoms. The Hall–Kier alpha value is -7.98. The first kappa shape index (κ1) is 54.8. The van der Waals surface area contributed by atoms with Crippen LogP contribution in [0.4, 0.5) is 21.0 Å². The van der Waals surface area contributed by atoms with Gasteiger partial charge in [-0.3, -0.25) is 58.8 Å². The topological polar surface area (TPSA) is 300 Å². The maximum Gasteiger partial charge on any atom is 0.411 e. The fourth-order valence-corrected chi connectivity index (χ4v) is 9.50. The Kier molecular flexibility index (Phi) is 18.8. The molecular formula is C53H65N11O11. The molecule has 75 heavy (non-hydrogen) atoms. The molecule has 1 aliphatic carbocycles. The van der Waals surface area contributed by atoms with Crippen LogP contribution >= 0.6 is 0 Å². The second kappa shape index (κ2) is 25.8. The summed E-state index contributed by atoms with van der Waals surface area (Å²) in [4.78, 5) is 134. The van der Waals surface area contributed by atoms with Crippen LogP contribution in [0.5, 0.6) is 0 Å². The number of nitrogens with zero attached hydrogens (tertiary/aromatic N) is 3. The highest BCUT2D eigenvalue weighted by molar-refractivity contribution is 6.22. The normalized spacial score (nSPS) is 18.8. The molecule has 9 N–H and O–H groups in total. The molecule has 2 saturated heterocycles. The van der Waals surface area contributed by atoms with Gasteiger partial charge in [0.05, 0.1) is 12.1 Å². The number of hydrogen-bond acceptors (Lipinski definition) is 14. The van der Waals surface area contributed by atoms with Gasteiger partial charge in [0.2, 0.25) is 29.5 Å². The largest absolute Gasteiger partial charge is 0.444 e. The molecule has 0 spiro atoms. The van der Waals surface area contributed by atoms with Gasteiger partial charge in [-0.1, -0.05) is 62.4 Å². The third kappa shape index (κ3) is 15.1. The fraction of sp³-hybridized carbons (Fsp3) is 0.434. The number of hydrogen-bond donors (Lipinski definition) is 8. The predicted molar refractivity (Wildman–Crippen MR) is 274 cm³/mol. The minimum absolute atomic E-state index is 0.0568. The lowest BCUT2D eigenvalue weighted by Gasteiger charge is -2.34. The Bertz CT molecular complexity index is 2650. The summed E-state index contributed by atoms with van der Waals surface area (Å²) in [5, 5.41) is 19.0. The van der Waals surface area contributed by atoms with E-state index in [9.17, 15) is 47.9 Å². The third-order valence-corrected chi connectivity index (χ3v) is 13.7. The van der Waals surface area contributed by atoms with Crippen LogP contribution in [0.3, 0.4) is 0 Å². The number of ketones is 2. The first-order valence-electron chi connectivity index (χ1n) is 25.3. The van der Waals surface area contributed by atoms with Gasteiger partial charge in [0.1, 0.15) is 24.7 Å². The summed E-state index contributed by atoms with van der Waals surface area (Å²) >= 11 is 0. The quantitative estimate of drug-likeness (QED) is 0.0328. The van der Waals surface area contributed by atoms with Gasteiger partial charge in [0.15, 0.2) is 11.6 Å². The van der Waals surface area contributed by atoms with E-state index in [0.717, 1.165) is 5.56 Å². The zero-order chi connectivity index (χ0) is 53.6. The maximum absolute atomic E-state index is 13.8. The number of anilines is 2. The van der Waals surface area contributed by atoms with Crippen molar-refractivity contribution in [2.75, 3.05) is 63.0 Å². The SMILES string of the molecule is CC(C)[C@H](NC(=O)CN1CCN(CCNC=C2C(=O)CC(c3ccccc3)CC2=O)CC1)C(=O)N[C@@H](CCCNC(N)=O)C(=O)Nc1ccc(COC(=O)Nc2cccc3c2CN(C2CCC(=O)NC2=O)C3=O)cc1. The number of primary amides is 1. The standard InChI is InChI=1S/C53H65N11O11/c1-32(2)47(60-46(68)30-63-24-22-62(23-25-63)21-20-55-28-38-43(65)26-35(27-44(38)66)34-8-4-3-5-9-34)50(71)58-41(12-7-19-56-52(54)73)48(69)57-36-15-13-33(14-16-36)31-75-53(74)59-40-11-6-10-37-39(40)29-64(51(37)72)42-17-18-45(67)61-49(42)70/h3-6,8-11,13-16,28,32,35,41-42,47,55H,7,12,17-27,29-31H2,1-2H3,(H,57,69)(H,58,71)(H,59,74)(H,60,68)(H3,54,56,73)(H,61,67,70)/t35?,41-,42?,47-/m0/s1. The number of imide groups is 1. The number of benzene rings is 3. The zero-order valence-corrected chi connectivity index (χ0v) is 42.1. The lowest BCUT2D eigenvalue weighted by atomic mass is 9.80. The van der Waals surface area contributed by atoms with E-state index in [2.05, 4.69) is 42.1 Å². The molecule has 398 valence electrons. The maximum atomic E-state index is 13.8. The van der Waals surface area contributed by atoms with E-state index in [1.165, 1.54) is 4.90 Å². The summed E-state index contributed by atoms with van der Waals surface area (Å²) in [6.45, 7) is 7.45. The van der Waals surface area contributed by atoms with E-state index >= 15 is 0 Å². The number of urea groups is 1. The molecule has 3 aromatic carbocycles. The van der Waals surface area contributed by atoms with Gasteiger partial charge in [0.25, 0.3) is 5.91 Å². The molecule has 0 radical (unpaired) electrons. The summed E-state index contributed by atoms with van der Waals surface area (Å²) in [7, 11) is 0. The number of piperidine rings is 1. The van der Waals surface area contributed by atoms with Gasteiger partial charge in [0, 0.05) is 100 Å². The van der Waals surface area contributed by atoms with E-state index < -0.39 is 53.9 Å². The van der Waals surface area contributed by atoms with E-state index in [0.29, 0.717) is 80.2 Å². The Balaban J connectivity index is 0.845. The van der Waals surface area contributed by atoms with Crippen molar-refractivity contribution in [2.24, 2.45) is 11.7 Å². The number of rotatable bonds is 21. The average Bonchev–Trinajstić information content (AvgIpc) is 3.72. The van der Waals surface area contributed by atoms with Crippen LogP contribution in [-0.4, -0.2) is 144 Å². The van der Waals surface area contributed by atoms with Crippen LogP contribution in [-0.2, 0) is 51.5 Å². The lowest BCUT2D eigenvalue weighted by Crippen LogP contribution is -2.56. The van der Waals surface area contributed by atoms with Gasteiger partial charge in [-0.05, 0) is 66.5 Å². The minimum atomic E-state index is -1.07. The van der Waals surface area contributed by atoms with Crippen molar-refractivity contribution in [2.45, 2.75) is 89.6 Å². The summed E-state index contributed by atoms with van der Waals surface area (Å²) < 4.78 is 5.45. The van der Waals surface area contributed by atoms with Gasteiger partial charge < -0.3 is 42.0 Å². The number of carbonyl (C=O) groups is 10. The molecule has 3 fully saturated rings. The second-order valence-corrected chi connectivity index (χ2v) is 19.4. The van der Waals surface area contributed by atoms with Crippen molar-refractivity contribution in [3.05, 3.63) is 107 Å². The Morgan fingerprint density at radius 3 is 2.20 bits per heavy atom. The lowest BCUT2D eigenvalue weighted by molar-refractivity contribution is -0.137.